The van der Waals surface area contributed by atoms with Crippen LogP contribution in [0.25, 0.3) is 0 Å². The monoisotopic (exact) mass is 1260 g/mol. The quantitative estimate of drug-likeness (QED) is 0.0308. The van der Waals surface area contributed by atoms with Gasteiger partial charge in [0.05, 0.1) is 18.8 Å². The summed E-state index contributed by atoms with van der Waals surface area (Å²) in [7, 11) is 0. The Morgan fingerprint density at radius 1 is 0.573 bits per heavy atom. The van der Waals surface area contributed by atoms with E-state index >= 15 is 0 Å². The number of carbonyl (C=O) groups is 12. The molecule has 0 saturated carbocycles. The highest BCUT2D eigenvalue weighted by Crippen LogP contribution is 2.14. The molecule has 0 aromatic heterocycles. The van der Waals surface area contributed by atoms with Crippen molar-refractivity contribution in [3.63, 3.8) is 0 Å². The molecule has 502 valence electrons. The lowest BCUT2D eigenvalue weighted by Gasteiger charge is -2.29. The van der Waals surface area contributed by atoms with E-state index in [1.165, 1.54) is 13.8 Å². The first-order chi connectivity index (χ1) is 42.2. The molecule has 0 radical (unpaired) electrons. The van der Waals surface area contributed by atoms with Crippen molar-refractivity contribution in [3.05, 3.63) is 35.9 Å². The molecule has 31 nitrogen and oxygen atoms in total. The lowest BCUT2D eigenvalue weighted by molar-refractivity contribution is -0.137. The minimum Gasteiger partial charge on any atom is -0.391 e. The van der Waals surface area contributed by atoms with E-state index < -0.39 is 156 Å². The van der Waals surface area contributed by atoms with Crippen LogP contribution in [0.15, 0.2) is 30.3 Å². The van der Waals surface area contributed by atoms with E-state index in [2.05, 4.69) is 77.6 Å². The van der Waals surface area contributed by atoms with Crippen LogP contribution in [0.1, 0.15) is 124 Å². The van der Waals surface area contributed by atoms with Gasteiger partial charge in [-0.25, -0.2) is 0 Å². The Balaban J connectivity index is 2.69. The second-order valence-electron chi connectivity index (χ2n) is 22.8. The number of hydrogen-bond donors (Lipinski definition) is 19. The number of amides is 12. The third kappa shape index (κ3) is 28.7. The summed E-state index contributed by atoms with van der Waals surface area (Å²) < 4.78 is 0. The van der Waals surface area contributed by atoms with Gasteiger partial charge in [0, 0.05) is 25.9 Å². The summed E-state index contributed by atoms with van der Waals surface area (Å²) in [6.07, 6.45) is -1.61. The Hall–Kier alpha value is -7.42. The highest BCUT2D eigenvalue weighted by Gasteiger charge is 2.38. The molecule has 1 unspecified atom stereocenters. The lowest BCUT2D eigenvalue weighted by atomic mass is 10.00. The van der Waals surface area contributed by atoms with Gasteiger partial charge < -0.3 is 103 Å². The molecule has 12 amide bonds. The highest BCUT2D eigenvalue weighted by molar-refractivity contribution is 5.99. The number of aliphatic hydroxyl groups is 2. The van der Waals surface area contributed by atoms with Crippen LogP contribution in [0.4, 0.5) is 0 Å². The van der Waals surface area contributed by atoms with Gasteiger partial charge in [-0.15, -0.1) is 0 Å². The Kier molecular flexibility index (Phi) is 36.4. The maximum Gasteiger partial charge on any atom is 0.245 e. The van der Waals surface area contributed by atoms with E-state index in [1.54, 1.807) is 44.2 Å². The molecule has 0 aliphatic carbocycles. The topological polar surface area (TPSA) is 520 Å². The molecule has 1 heterocycles. The third-order valence-corrected chi connectivity index (χ3v) is 14.7. The highest BCUT2D eigenvalue weighted by atomic mass is 16.3. The van der Waals surface area contributed by atoms with Crippen LogP contribution in [-0.4, -0.2) is 200 Å². The molecule has 1 saturated heterocycles. The fourth-order valence-electron chi connectivity index (χ4n) is 9.38. The Labute approximate surface area is 520 Å². The first-order valence-corrected chi connectivity index (χ1v) is 30.7. The molecule has 1 aliphatic rings. The second kappa shape index (κ2) is 41.7. The van der Waals surface area contributed by atoms with Crippen LogP contribution < -0.4 is 92.5 Å². The van der Waals surface area contributed by atoms with Crippen molar-refractivity contribution < 1.29 is 67.7 Å². The van der Waals surface area contributed by atoms with Gasteiger partial charge >= 0.3 is 0 Å². The lowest BCUT2D eigenvalue weighted by Crippen LogP contribution is -2.62. The van der Waals surface area contributed by atoms with Crippen molar-refractivity contribution in [1.29, 1.82) is 0 Å². The average molecular weight is 1260 g/mol. The summed E-state index contributed by atoms with van der Waals surface area (Å²) >= 11 is 0. The normalized spacial score (nSPS) is 22.3. The number of benzene rings is 1. The Morgan fingerprint density at radius 2 is 1.10 bits per heavy atom. The summed E-state index contributed by atoms with van der Waals surface area (Å²) in [5, 5.41) is 52.2. The average Bonchev–Trinajstić information content (AvgIpc) is 3.71. The van der Waals surface area contributed by atoms with Crippen LogP contribution in [0.2, 0.25) is 0 Å². The fourth-order valence-corrected chi connectivity index (χ4v) is 9.38. The molecule has 31 heteroatoms. The van der Waals surface area contributed by atoms with E-state index in [0.29, 0.717) is 17.9 Å². The Bertz CT molecular complexity index is 2460. The van der Waals surface area contributed by atoms with Gasteiger partial charge in [0.25, 0.3) is 0 Å². The van der Waals surface area contributed by atoms with Crippen LogP contribution in [0.5, 0.6) is 0 Å². The molecule has 0 spiro atoms. The molecular formula is C58H101N17O14. The van der Waals surface area contributed by atoms with Crippen LogP contribution >= 0.6 is 0 Å². The van der Waals surface area contributed by atoms with Crippen LogP contribution in [0, 0.1) is 11.8 Å². The van der Waals surface area contributed by atoms with Crippen LogP contribution in [-0.2, 0) is 64.0 Å². The van der Waals surface area contributed by atoms with Crippen molar-refractivity contribution in [2.24, 2.45) is 40.5 Å². The maximum absolute atomic E-state index is 14.6. The molecule has 1 aromatic rings. The van der Waals surface area contributed by atoms with Crippen LogP contribution in [0.3, 0.4) is 0 Å². The Morgan fingerprint density at radius 3 is 1.63 bits per heavy atom. The summed E-state index contributed by atoms with van der Waals surface area (Å²) in [4.78, 5) is 167. The SMILES string of the molecule is CCC(C)CCCCC(=O)N[C@@H](CCNC(=O)CN)C(=O)N[C@H](C(=O)N[C@@H](CCN)C(=O)N[C@H]1CCNC(=O)[C@H]([C@@H](C)O)NC(=O)[C@H](CCN)NC(=O)[C@H](CCN)NC(=O)[C@H](CC(C)C)NC(=O)[C@@H](Cc2ccccc2)NC(=O)[C@H](CCN)NC1=O)[C@@H](C)O. The largest absolute Gasteiger partial charge is 0.391 e. The summed E-state index contributed by atoms with van der Waals surface area (Å²) in [5.41, 5.74) is 29.6. The molecular weight excluding hydrogens is 1160 g/mol. The number of hydrogen-bond acceptors (Lipinski definition) is 19. The molecule has 0 bridgehead atoms. The van der Waals surface area contributed by atoms with Gasteiger partial charge in [-0.1, -0.05) is 77.3 Å². The van der Waals surface area contributed by atoms with Gasteiger partial charge in [0.1, 0.15) is 60.4 Å². The smallest absolute Gasteiger partial charge is 0.245 e. The van der Waals surface area contributed by atoms with Gasteiger partial charge in [-0.05, 0) is 109 Å². The molecule has 1 fully saturated rings. The van der Waals surface area contributed by atoms with Crippen molar-refractivity contribution >= 4 is 70.9 Å². The van der Waals surface area contributed by atoms with E-state index in [4.69, 9.17) is 28.7 Å². The van der Waals surface area contributed by atoms with Crippen molar-refractivity contribution in [1.82, 2.24) is 63.8 Å². The number of nitrogens with one attached hydrogen (secondary N) is 12. The molecule has 13 atom stereocenters. The first-order valence-electron chi connectivity index (χ1n) is 30.7. The third-order valence-electron chi connectivity index (χ3n) is 14.7. The zero-order valence-corrected chi connectivity index (χ0v) is 52.3. The van der Waals surface area contributed by atoms with E-state index in [9.17, 15) is 67.7 Å². The van der Waals surface area contributed by atoms with Gasteiger partial charge in [-0.3, -0.25) is 57.5 Å². The van der Waals surface area contributed by atoms with E-state index in [0.717, 1.165) is 19.3 Å². The number of rotatable bonds is 31. The first kappa shape index (κ1) is 77.7. The number of carbonyl (C=O) groups excluding carboxylic acids is 12. The predicted molar refractivity (Wildman–Crippen MR) is 329 cm³/mol. The van der Waals surface area contributed by atoms with E-state index in [1.807, 2.05) is 0 Å². The molecule has 2 rings (SSSR count). The number of unbranched alkanes of at least 4 members (excludes halogenated alkanes) is 1. The molecule has 24 N–H and O–H groups in total. The zero-order chi connectivity index (χ0) is 66.8. The zero-order valence-electron chi connectivity index (χ0n) is 52.3. The summed E-state index contributed by atoms with van der Waals surface area (Å²) in [6.45, 7) is 8.40. The maximum atomic E-state index is 14.6. The fraction of sp³-hybridized carbons (Fsp3) is 0.690. The van der Waals surface area contributed by atoms with Crippen molar-refractivity contribution in [2.45, 2.75) is 198 Å². The standard InChI is InChI=1S/C58H101N17O14/c1-7-33(4)13-11-12-16-45(78)66-41(21-27-64-46(79)31-63)54(85)75-48(35(6)77)58(89)71-39(19-25-61)50(81)70-42-22-28-65-57(88)47(34(5)76)74-53(84)40(20-26-62)68-49(80)37(17-23-59)69-55(86)43(29-32(2)3)72-56(87)44(30-36-14-9-8-10-15-36)73-51(82)38(18-24-60)67-52(42)83/h8-10,14-15,32-35,37-44,47-48,76-77H,7,11-13,16-31,59-63H2,1-6H3,(H,64,79)(H,65,88)(H,66,78)(H,67,83)(H,68,80)(H,69,86)(H,70,81)(H,71,89)(H,72,87)(H,73,82)(H,74,84)(H,75,85)/t33?,34-,35-,37+,38+,39+,40+,41+,42+,43+,44-,47+,48+/m1/s1. The minimum absolute atomic E-state index is 0.0352. The predicted octanol–water partition coefficient (Wildman–Crippen LogP) is -6.13. The minimum atomic E-state index is -1.77. The molecule has 1 aliphatic heterocycles. The van der Waals surface area contributed by atoms with Crippen molar-refractivity contribution in [2.75, 3.05) is 45.8 Å². The number of aliphatic hydroxyl groups excluding tert-OH is 2. The van der Waals surface area contributed by atoms with Gasteiger partial charge in [-0.2, -0.15) is 0 Å². The molecule has 89 heavy (non-hydrogen) atoms. The van der Waals surface area contributed by atoms with Gasteiger partial charge in [0.2, 0.25) is 70.9 Å². The number of nitrogens with two attached hydrogens (primary N) is 5. The summed E-state index contributed by atoms with van der Waals surface area (Å²) in [5.74, 6) is -10.4. The van der Waals surface area contributed by atoms with E-state index in [-0.39, 0.29) is 96.6 Å². The van der Waals surface area contributed by atoms with Gasteiger partial charge in [0.15, 0.2) is 0 Å². The molecule has 1 aromatic carbocycles. The van der Waals surface area contributed by atoms with Crippen molar-refractivity contribution in [3.8, 4) is 0 Å². The second-order valence-corrected chi connectivity index (χ2v) is 22.8. The summed E-state index contributed by atoms with van der Waals surface area (Å²) in [6, 6.07) is -6.64.